The van der Waals surface area contributed by atoms with Crippen molar-refractivity contribution < 1.29 is 9.90 Å². The molecule has 0 aromatic heterocycles. The van der Waals surface area contributed by atoms with E-state index in [0.717, 1.165) is 42.3 Å². The van der Waals surface area contributed by atoms with Crippen molar-refractivity contribution in [3.05, 3.63) is 64.1 Å². The van der Waals surface area contributed by atoms with Crippen LogP contribution in [0.15, 0.2) is 48.5 Å². The average Bonchev–Trinajstić information content (AvgIpc) is 2.73. The van der Waals surface area contributed by atoms with Gasteiger partial charge in [-0.2, -0.15) is 0 Å². The Labute approximate surface area is 183 Å². The highest BCUT2D eigenvalue weighted by atomic mass is 35.5. The molecule has 0 bridgehead atoms. The Bertz CT molecular complexity index is 833. The van der Waals surface area contributed by atoms with Crippen molar-refractivity contribution in [3.63, 3.8) is 0 Å². The van der Waals surface area contributed by atoms with E-state index >= 15 is 0 Å². The molecule has 6 heteroatoms. The molecule has 0 saturated carbocycles. The predicted octanol–water partition coefficient (Wildman–Crippen LogP) is 4.66. The highest BCUT2D eigenvalue weighted by Crippen LogP contribution is 2.32. The highest BCUT2D eigenvalue weighted by molar-refractivity contribution is 6.31. The topological polar surface area (TPSA) is 43.8 Å². The van der Waals surface area contributed by atoms with Crippen LogP contribution >= 0.6 is 23.2 Å². The summed E-state index contributed by atoms with van der Waals surface area (Å²) in [6, 6.07) is 15.1. The number of aliphatic hydroxyl groups is 1. The number of benzene rings is 2. The molecule has 0 spiro atoms. The number of likely N-dealkylation sites (tertiary alicyclic amines) is 1. The highest BCUT2D eigenvalue weighted by Gasteiger charge is 2.42. The summed E-state index contributed by atoms with van der Waals surface area (Å²) in [5, 5.41) is 12.6. The Morgan fingerprint density at radius 2 is 1.76 bits per heavy atom. The lowest BCUT2D eigenvalue weighted by Gasteiger charge is -2.42. The minimum atomic E-state index is -0.987. The number of amides is 1. The lowest BCUT2D eigenvalue weighted by molar-refractivity contribution is -0.134. The molecule has 1 saturated heterocycles. The first-order valence-electron chi connectivity index (χ1n) is 10.0. The molecule has 3 rings (SSSR count). The van der Waals surface area contributed by atoms with Crippen LogP contribution in [-0.4, -0.2) is 48.2 Å². The summed E-state index contributed by atoms with van der Waals surface area (Å²) in [4.78, 5) is 16.9. The van der Waals surface area contributed by atoms with Gasteiger partial charge in [-0.15, -0.1) is 0 Å². The van der Waals surface area contributed by atoms with E-state index in [1.807, 2.05) is 37.3 Å². The standard InChI is InChI=1S/C23H28Cl2N2O2/c1-17(22(28)26(2)20-9-7-19(24)8-10-20)23(29)12-15-27(16-13-23)14-11-18-5-3-4-6-21(18)25/h3-10,17,29H,11-16H2,1-2H3. The third-order valence-electron chi connectivity index (χ3n) is 6.10. The van der Waals surface area contributed by atoms with Crippen LogP contribution < -0.4 is 4.90 Å². The molecule has 1 N–H and O–H groups in total. The molecule has 1 fully saturated rings. The van der Waals surface area contributed by atoms with Gasteiger partial charge in [-0.05, 0) is 55.2 Å². The Morgan fingerprint density at radius 1 is 1.14 bits per heavy atom. The zero-order valence-corrected chi connectivity index (χ0v) is 18.5. The van der Waals surface area contributed by atoms with Gasteiger partial charge in [0.1, 0.15) is 0 Å². The van der Waals surface area contributed by atoms with Crippen LogP contribution in [0.25, 0.3) is 0 Å². The molecule has 1 unspecified atom stereocenters. The fourth-order valence-electron chi connectivity index (χ4n) is 3.89. The summed E-state index contributed by atoms with van der Waals surface area (Å²) in [6.07, 6.45) is 2.04. The second kappa shape index (κ2) is 9.48. The Morgan fingerprint density at radius 3 is 2.38 bits per heavy atom. The van der Waals surface area contributed by atoms with Crippen LogP contribution in [0.3, 0.4) is 0 Å². The number of carbonyl (C=O) groups excluding carboxylic acids is 1. The molecule has 156 valence electrons. The van der Waals surface area contributed by atoms with Gasteiger partial charge in [-0.3, -0.25) is 4.79 Å². The number of halogens is 2. The van der Waals surface area contributed by atoms with Crippen molar-refractivity contribution in [1.82, 2.24) is 4.90 Å². The van der Waals surface area contributed by atoms with Gasteiger partial charge >= 0.3 is 0 Å². The van der Waals surface area contributed by atoms with Gasteiger partial charge in [-0.25, -0.2) is 0 Å². The number of carbonyl (C=O) groups is 1. The van der Waals surface area contributed by atoms with Crippen LogP contribution in [0.1, 0.15) is 25.3 Å². The molecular weight excluding hydrogens is 407 g/mol. The smallest absolute Gasteiger partial charge is 0.232 e. The molecule has 1 aliphatic heterocycles. The normalized spacial score (nSPS) is 17.7. The van der Waals surface area contributed by atoms with Crippen LogP contribution in [0.4, 0.5) is 5.69 Å². The van der Waals surface area contributed by atoms with E-state index in [1.54, 1.807) is 24.1 Å². The fraction of sp³-hybridized carbons (Fsp3) is 0.435. The zero-order chi connectivity index (χ0) is 21.0. The van der Waals surface area contributed by atoms with Crippen molar-refractivity contribution in [3.8, 4) is 0 Å². The van der Waals surface area contributed by atoms with E-state index in [2.05, 4.69) is 11.0 Å². The van der Waals surface area contributed by atoms with Crippen LogP contribution in [0.2, 0.25) is 10.0 Å². The Hall–Kier alpha value is -1.59. The van der Waals surface area contributed by atoms with Crippen molar-refractivity contribution in [1.29, 1.82) is 0 Å². The molecule has 2 aromatic carbocycles. The van der Waals surface area contributed by atoms with Gasteiger partial charge in [0, 0.05) is 42.4 Å². The predicted molar refractivity (Wildman–Crippen MR) is 120 cm³/mol. The Kier molecular flexibility index (Phi) is 7.23. The SMILES string of the molecule is CC(C(=O)N(C)c1ccc(Cl)cc1)C1(O)CCN(CCc2ccccc2Cl)CC1. The van der Waals surface area contributed by atoms with E-state index in [4.69, 9.17) is 23.2 Å². The molecular formula is C23H28Cl2N2O2. The molecule has 0 aliphatic carbocycles. The lowest BCUT2D eigenvalue weighted by Crippen LogP contribution is -2.52. The largest absolute Gasteiger partial charge is 0.389 e. The molecule has 29 heavy (non-hydrogen) atoms. The van der Waals surface area contributed by atoms with E-state index in [0.29, 0.717) is 17.9 Å². The molecule has 1 atom stereocenters. The Balaban J connectivity index is 1.55. The van der Waals surface area contributed by atoms with E-state index in [-0.39, 0.29) is 5.91 Å². The molecule has 1 heterocycles. The van der Waals surface area contributed by atoms with Gasteiger partial charge in [0.2, 0.25) is 5.91 Å². The first-order chi connectivity index (χ1) is 13.8. The maximum Gasteiger partial charge on any atom is 0.232 e. The van der Waals surface area contributed by atoms with Crippen LogP contribution in [0, 0.1) is 5.92 Å². The molecule has 4 nitrogen and oxygen atoms in total. The van der Waals surface area contributed by atoms with Crippen molar-refractivity contribution >= 4 is 34.8 Å². The van der Waals surface area contributed by atoms with Crippen LogP contribution in [-0.2, 0) is 11.2 Å². The second-order valence-electron chi connectivity index (χ2n) is 7.88. The van der Waals surface area contributed by atoms with Gasteiger partial charge < -0.3 is 14.9 Å². The monoisotopic (exact) mass is 434 g/mol. The summed E-state index contributed by atoms with van der Waals surface area (Å²) < 4.78 is 0. The van der Waals surface area contributed by atoms with E-state index in [9.17, 15) is 9.90 Å². The third-order valence-corrected chi connectivity index (χ3v) is 6.72. The molecule has 1 aliphatic rings. The van der Waals surface area contributed by atoms with Crippen molar-refractivity contribution in [2.75, 3.05) is 31.6 Å². The van der Waals surface area contributed by atoms with Gasteiger partial charge in [0.15, 0.2) is 0 Å². The molecule has 1 amide bonds. The number of nitrogens with zero attached hydrogens (tertiary/aromatic N) is 2. The molecule has 2 aromatic rings. The summed E-state index contributed by atoms with van der Waals surface area (Å²) >= 11 is 12.2. The summed E-state index contributed by atoms with van der Waals surface area (Å²) in [5.74, 6) is -0.562. The quantitative estimate of drug-likeness (QED) is 0.718. The number of piperidine rings is 1. The minimum absolute atomic E-state index is 0.0839. The zero-order valence-electron chi connectivity index (χ0n) is 16.9. The molecule has 0 radical (unpaired) electrons. The maximum absolute atomic E-state index is 13.0. The summed E-state index contributed by atoms with van der Waals surface area (Å²) in [5.41, 5.74) is 0.925. The number of anilines is 1. The maximum atomic E-state index is 13.0. The summed E-state index contributed by atoms with van der Waals surface area (Å²) in [6.45, 7) is 4.26. The lowest BCUT2D eigenvalue weighted by atomic mass is 9.79. The fourth-order valence-corrected chi connectivity index (χ4v) is 4.25. The minimum Gasteiger partial charge on any atom is -0.389 e. The van der Waals surface area contributed by atoms with E-state index in [1.165, 1.54) is 0 Å². The van der Waals surface area contributed by atoms with E-state index < -0.39 is 11.5 Å². The average molecular weight is 435 g/mol. The van der Waals surface area contributed by atoms with Crippen molar-refractivity contribution in [2.45, 2.75) is 31.8 Å². The first-order valence-corrected chi connectivity index (χ1v) is 10.8. The number of hydrogen-bond acceptors (Lipinski definition) is 3. The number of rotatable bonds is 6. The summed E-state index contributed by atoms with van der Waals surface area (Å²) in [7, 11) is 1.74. The van der Waals surface area contributed by atoms with Crippen LogP contribution in [0.5, 0.6) is 0 Å². The van der Waals surface area contributed by atoms with Crippen molar-refractivity contribution in [2.24, 2.45) is 5.92 Å². The van der Waals surface area contributed by atoms with Gasteiger partial charge in [0.05, 0.1) is 11.5 Å². The third kappa shape index (κ3) is 5.32. The van der Waals surface area contributed by atoms with Gasteiger partial charge in [-0.1, -0.05) is 48.3 Å². The first kappa shape index (κ1) is 22.1. The van der Waals surface area contributed by atoms with Gasteiger partial charge in [0.25, 0.3) is 0 Å². The second-order valence-corrected chi connectivity index (χ2v) is 8.73. The number of hydrogen-bond donors (Lipinski definition) is 1.